The summed E-state index contributed by atoms with van der Waals surface area (Å²) in [5.74, 6) is 1.21. The summed E-state index contributed by atoms with van der Waals surface area (Å²) in [7, 11) is 0. The first-order valence-electron chi connectivity index (χ1n) is 12.4. The van der Waals surface area contributed by atoms with Gasteiger partial charge in [-0.25, -0.2) is 9.37 Å². The fraction of sp³-hybridized carbons (Fsp3) is 0.333. The third-order valence-corrected chi connectivity index (χ3v) is 6.09. The summed E-state index contributed by atoms with van der Waals surface area (Å²) < 4.78 is 25.5. The van der Waals surface area contributed by atoms with Crippen LogP contribution in [0.25, 0.3) is 33.9 Å². The molecule has 194 valence electrons. The van der Waals surface area contributed by atoms with Gasteiger partial charge in [0.05, 0.1) is 31.2 Å². The lowest BCUT2D eigenvalue weighted by Crippen LogP contribution is -2.33. The predicted octanol–water partition coefficient (Wildman–Crippen LogP) is 6.35. The second-order valence-corrected chi connectivity index (χ2v) is 10.9. The third-order valence-electron chi connectivity index (χ3n) is 6.09. The Morgan fingerprint density at radius 3 is 2.05 bits per heavy atom. The molecule has 0 aliphatic heterocycles. The van der Waals surface area contributed by atoms with Crippen LogP contribution < -0.4 is 10.5 Å². The number of H-pyrrole nitrogens is 1. The normalized spacial score (nSPS) is 12.1. The maximum Gasteiger partial charge on any atom is 0.138 e. The zero-order valence-electron chi connectivity index (χ0n) is 21.9. The molecule has 2 aromatic carbocycles. The Labute approximate surface area is 218 Å². The zero-order valence-corrected chi connectivity index (χ0v) is 21.9. The van der Waals surface area contributed by atoms with Crippen molar-refractivity contribution < 1.29 is 13.9 Å². The van der Waals surface area contributed by atoms with Crippen LogP contribution in [0.1, 0.15) is 27.7 Å². The molecule has 0 unspecified atom stereocenters. The van der Waals surface area contributed by atoms with Crippen LogP contribution in [0.2, 0.25) is 0 Å². The number of aromatic nitrogens is 3. The second-order valence-electron chi connectivity index (χ2n) is 10.9. The Hall–Kier alpha value is -3.55. The molecule has 0 saturated carbocycles. The van der Waals surface area contributed by atoms with Crippen molar-refractivity contribution >= 4 is 0 Å². The number of ether oxygens (including phenoxy) is 2. The van der Waals surface area contributed by atoms with Crippen LogP contribution in [0.3, 0.4) is 0 Å². The number of aromatic amines is 1. The van der Waals surface area contributed by atoms with Gasteiger partial charge in [0.1, 0.15) is 17.4 Å². The summed E-state index contributed by atoms with van der Waals surface area (Å²) >= 11 is 0. The zero-order chi connectivity index (χ0) is 26.5. The monoisotopic (exact) mass is 502 g/mol. The number of imidazole rings is 1. The molecule has 0 radical (unpaired) electrons. The Morgan fingerprint density at radius 1 is 0.784 bits per heavy atom. The topological polar surface area (TPSA) is 86.1 Å². The second kappa shape index (κ2) is 11.2. The maximum absolute atomic E-state index is 13.5. The summed E-state index contributed by atoms with van der Waals surface area (Å²) in [4.78, 5) is 12.4. The molecule has 2 heterocycles. The van der Waals surface area contributed by atoms with Crippen molar-refractivity contribution in [2.75, 3.05) is 26.4 Å². The van der Waals surface area contributed by atoms with E-state index in [1.165, 1.54) is 12.1 Å². The van der Waals surface area contributed by atoms with Crippen LogP contribution in [0.5, 0.6) is 5.75 Å². The number of nitrogens with two attached hydrogens (primary N) is 1. The van der Waals surface area contributed by atoms with Gasteiger partial charge in [-0.15, -0.1) is 0 Å². The van der Waals surface area contributed by atoms with Crippen LogP contribution in [0, 0.1) is 16.6 Å². The number of hydrogen-bond acceptors (Lipinski definition) is 5. The minimum atomic E-state index is -0.283. The molecule has 0 atom stereocenters. The maximum atomic E-state index is 13.5. The highest BCUT2D eigenvalue weighted by Crippen LogP contribution is 2.33. The van der Waals surface area contributed by atoms with Gasteiger partial charge in [0.25, 0.3) is 0 Å². The lowest BCUT2D eigenvalue weighted by molar-refractivity contribution is 0.00104. The van der Waals surface area contributed by atoms with E-state index < -0.39 is 0 Å². The molecule has 4 aromatic rings. The molecule has 0 spiro atoms. The van der Waals surface area contributed by atoms with Crippen molar-refractivity contribution in [3.05, 3.63) is 78.9 Å². The first-order chi connectivity index (χ1) is 17.7. The van der Waals surface area contributed by atoms with Crippen molar-refractivity contribution in [3.8, 4) is 39.7 Å². The van der Waals surface area contributed by atoms with Gasteiger partial charge in [-0.05, 0) is 67.2 Å². The van der Waals surface area contributed by atoms with E-state index in [0.717, 1.165) is 33.8 Å². The lowest BCUT2D eigenvalue weighted by atomic mass is 9.94. The van der Waals surface area contributed by atoms with E-state index in [-0.39, 0.29) is 16.6 Å². The van der Waals surface area contributed by atoms with Crippen LogP contribution >= 0.6 is 0 Å². The average molecular weight is 503 g/mol. The fourth-order valence-corrected chi connectivity index (χ4v) is 3.75. The smallest absolute Gasteiger partial charge is 0.138 e. The summed E-state index contributed by atoms with van der Waals surface area (Å²) in [5, 5.41) is 0. The largest absolute Gasteiger partial charge is 0.493 e. The highest BCUT2D eigenvalue weighted by molar-refractivity contribution is 5.81. The van der Waals surface area contributed by atoms with Crippen molar-refractivity contribution in [2.45, 2.75) is 27.7 Å². The molecule has 0 fully saturated rings. The minimum Gasteiger partial charge on any atom is -0.493 e. The Bertz CT molecular complexity index is 1280. The number of rotatable bonds is 11. The summed E-state index contributed by atoms with van der Waals surface area (Å²) in [6.45, 7) is 10.8. The molecule has 0 bridgehead atoms. The van der Waals surface area contributed by atoms with Gasteiger partial charge in [0.2, 0.25) is 0 Å². The van der Waals surface area contributed by atoms with E-state index in [4.69, 9.17) is 20.2 Å². The van der Waals surface area contributed by atoms with E-state index in [1.807, 2.05) is 36.4 Å². The molecule has 3 N–H and O–H groups in total. The summed E-state index contributed by atoms with van der Waals surface area (Å²) in [6, 6.07) is 18.0. The van der Waals surface area contributed by atoms with Gasteiger partial charge in [0, 0.05) is 39.9 Å². The molecule has 37 heavy (non-hydrogen) atoms. The number of hydrogen-bond donors (Lipinski definition) is 2. The number of pyridine rings is 1. The van der Waals surface area contributed by atoms with Crippen molar-refractivity contribution in [3.63, 3.8) is 0 Å². The fourth-order valence-electron chi connectivity index (χ4n) is 3.75. The average Bonchev–Trinajstić information content (AvgIpc) is 3.34. The first-order valence-corrected chi connectivity index (χ1v) is 12.4. The molecule has 0 aliphatic rings. The third kappa shape index (κ3) is 7.02. The Kier molecular flexibility index (Phi) is 8.05. The van der Waals surface area contributed by atoms with Crippen LogP contribution in [-0.2, 0) is 4.74 Å². The van der Waals surface area contributed by atoms with E-state index in [2.05, 4.69) is 37.7 Å². The highest BCUT2D eigenvalue weighted by atomic mass is 19.1. The van der Waals surface area contributed by atoms with Crippen molar-refractivity contribution in [2.24, 2.45) is 16.6 Å². The number of nitrogens with one attached hydrogen (secondary N) is 1. The number of nitrogens with zero attached hydrogens (tertiary/aromatic N) is 2. The van der Waals surface area contributed by atoms with Gasteiger partial charge in [0.15, 0.2) is 0 Å². The number of benzene rings is 2. The molecular formula is C30H35FN4O2. The number of halogens is 1. The van der Waals surface area contributed by atoms with Gasteiger partial charge in [-0.1, -0.05) is 27.7 Å². The van der Waals surface area contributed by atoms with Crippen molar-refractivity contribution in [1.29, 1.82) is 0 Å². The molecule has 7 heteroatoms. The molecule has 0 aliphatic carbocycles. The van der Waals surface area contributed by atoms with Crippen LogP contribution in [0.4, 0.5) is 4.39 Å². The quantitative estimate of drug-likeness (QED) is 0.250. The van der Waals surface area contributed by atoms with E-state index in [9.17, 15) is 4.39 Å². The molecule has 0 amide bonds. The SMILES string of the molecule is CC(C)(CN)COCC(C)(C)COc1ccc(-c2nc(-c3ccc(F)cc3)c(-c3ccncc3)[nH]2)cc1. The lowest BCUT2D eigenvalue weighted by Gasteiger charge is -2.28. The molecule has 6 nitrogen and oxygen atoms in total. The van der Waals surface area contributed by atoms with Crippen LogP contribution in [0.15, 0.2) is 73.1 Å². The van der Waals surface area contributed by atoms with Gasteiger partial charge < -0.3 is 20.2 Å². The van der Waals surface area contributed by atoms with Crippen LogP contribution in [-0.4, -0.2) is 41.3 Å². The molecule has 2 aromatic heterocycles. The highest BCUT2D eigenvalue weighted by Gasteiger charge is 2.23. The standard InChI is InChI=1S/C30H35FN4O2/c1-29(2,17-32)18-36-19-30(3,4)20-37-25-11-7-23(8-12-25)28-34-26(21-5-9-24(31)10-6-21)27(35-28)22-13-15-33-16-14-22/h5-16H,17-20,32H2,1-4H3,(H,34,35). The van der Waals surface area contributed by atoms with E-state index in [1.54, 1.807) is 24.5 Å². The van der Waals surface area contributed by atoms with Gasteiger partial charge >= 0.3 is 0 Å². The van der Waals surface area contributed by atoms with Crippen molar-refractivity contribution in [1.82, 2.24) is 15.0 Å². The predicted molar refractivity (Wildman–Crippen MR) is 146 cm³/mol. The minimum absolute atomic E-state index is 0.0353. The summed E-state index contributed by atoms with van der Waals surface area (Å²) in [5.41, 5.74) is 9.91. The van der Waals surface area contributed by atoms with E-state index >= 15 is 0 Å². The van der Waals surface area contributed by atoms with Gasteiger partial charge in [-0.3, -0.25) is 4.98 Å². The molecule has 4 rings (SSSR count). The Morgan fingerprint density at radius 2 is 1.41 bits per heavy atom. The first kappa shape index (κ1) is 26.5. The molecular weight excluding hydrogens is 467 g/mol. The molecule has 0 saturated heterocycles. The Balaban J connectivity index is 1.48. The van der Waals surface area contributed by atoms with E-state index in [0.29, 0.717) is 32.2 Å². The van der Waals surface area contributed by atoms with Gasteiger partial charge in [-0.2, -0.15) is 0 Å². The summed E-state index contributed by atoms with van der Waals surface area (Å²) in [6.07, 6.45) is 3.48.